The lowest BCUT2D eigenvalue weighted by molar-refractivity contribution is -0.110. The minimum Gasteiger partial charge on any atom is -0.478 e. The third-order valence-electron chi connectivity index (χ3n) is 2.44. The number of pyridine rings is 1. The Labute approximate surface area is 80.6 Å². The molecule has 1 atom stereocenters. The van der Waals surface area contributed by atoms with Crippen LogP contribution in [0.5, 0.6) is 0 Å². The first kappa shape index (κ1) is 8.87. The molecule has 1 aromatic heterocycles. The van der Waals surface area contributed by atoms with Gasteiger partial charge in [0.15, 0.2) is 0 Å². The lowest BCUT2D eigenvalue weighted by Gasteiger charge is -1.98. The van der Waals surface area contributed by atoms with Crippen LogP contribution in [0.4, 0.5) is 0 Å². The van der Waals surface area contributed by atoms with Crippen molar-refractivity contribution in [2.45, 2.75) is 12.8 Å². The van der Waals surface area contributed by atoms with E-state index >= 15 is 0 Å². The average molecular weight is 191 g/mol. The molecule has 0 saturated heterocycles. The summed E-state index contributed by atoms with van der Waals surface area (Å²) in [5.41, 5.74) is 1.93. The molecule has 1 heterocycles. The quantitative estimate of drug-likeness (QED) is 0.698. The van der Waals surface area contributed by atoms with Crippen molar-refractivity contribution < 1.29 is 14.7 Å². The van der Waals surface area contributed by atoms with Gasteiger partial charge in [-0.25, -0.2) is 4.79 Å². The largest absolute Gasteiger partial charge is 0.478 e. The van der Waals surface area contributed by atoms with Crippen LogP contribution in [-0.2, 0) is 17.6 Å². The minimum absolute atomic E-state index is 0.0263. The molecular formula is C10H9NO3. The molecule has 1 aliphatic carbocycles. The fourth-order valence-electron chi connectivity index (χ4n) is 1.72. The molecule has 0 amide bonds. The number of carbonyl (C=O) groups is 2. The molecule has 0 fully saturated rings. The van der Waals surface area contributed by atoms with Gasteiger partial charge in [0.05, 0.1) is 5.56 Å². The van der Waals surface area contributed by atoms with Crippen molar-refractivity contribution >= 4 is 12.3 Å². The molecule has 0 bridgehead atoms. The second-order valence-corrected chi connectivity index (χ2v) is 3.44. The molecule has 1 aliphatic rings. The van der Waals surface area contributed by atoms with Crippen molar-refractivity contribution in [2.24, 2.45) is 5.92 Å². The van der Waals surface area contributed by atoms with Gasteiger partial charge in [0, 0.05) is 17.8 Å². The summed E-state index contributed by atoms with van der Waals surface area (Å²) >= 11 is 0. The van der Waals surface area contributed by atoms with Gasteiger partial charge < -0.3 is 9.90 Å². The minimum atomic E-state index is -0.977. The lowest BCUT2D eigenvalue weighted by atomic mass is 10.1. The van der Waals surface area contributed by atoms with Gasteiger partial charge in [-0.2, -0.15) is 0 Å². The van der Waals surface area contributed by atoms with Crippen LogP contribution in [0, 0.1) is 5.92 Å². The summed E-state index contributed by atoms with van der Waals surface area (Å²) < 4.78 is 0. The summed E-state index contributed by atoms with van der Waals surface area (Å²) in [6.07, 6.45) is 3.50. The maximum Gasteiger partial charge on any atom is 0.337 e. The SMILES string of the molecule is O=CC1Cc2cc(C(=O)O)cnc2C1. The standard InChI is InChI=1S/C10H9NO3/c12-5-6-1-7-3-8(10(13)14)4-11-9(7)2-6/h3-6H,1-2H2,(H,13,14). The van der Waals surface area contributed by atoms with Gasteiger partial charge in [-0.05, 0) is 24.5 Å². The van der Waals surface area contributed by atoms with Gasteiger partial charge in [0.25, 0.3) is 0 Å². The van der Waals surface area contributed by atoms with Crippen molar-refractivity contribution in [1.29, 1.82) is 0 Å². The van der Waals surface area contributed by atoms with E-state index in [0.717, 1.165) is 17.5 Å². The summed E-state index contributed by atoms with van der Waals surface area (Å²) in [6.45, 7) is 0. The summed E-state index contributed by atoms with van der Waals surface area (Å²) in [6, 6.07) is 1.61. The highest BCUT2D eigenvalue weighted by molar-refractivity contribution is 5.87. The first-order chi connectivity index (χ1) is 6.70. The molecule has 72 valence electrons. The van der Waals surface area contributed by atoms with Crippen molar-refractivity contribution in [1.82, 2.24) is 4.98 Å². The van der Waals surface area contributed by atoms with Crippen LogP contribution in [-0.4, -0.2) is 22.3 Å². The van der Waals surface area contributed by atoms with E-state index in [2.05, 4.69) is 4.98 Å². The summed E-state index contributed by atoms with van der Waals surface area (Å²) in [7, 11) is 0. The smallest absolute Gasteiger partial charge is 0.337 e. The van der Waals surface area contributed by atoms with Crippen molar-refractivity contribution in [3.8, 4) is 0 Å². The van der Waals surface area contributed by atoms with Crippen LogP contribution in [0.1, 0.15) is 21.6 Å². The molecule has 1 aromatic rings. The van der Waals surface area contributed by atoms with E-state index < -0.39 is 5.97 Å². The van der Waals surface area contributed by atoms with Crippen LogP contribution in [0.2, 0.25) is 0 Å². The number of carbonyl (C=O) groups excluding carboxylic acids is 1. The third kappa shape index (κ3) is 1.39. The zero-order valence-electron chi connectivity index (χ0n) is 7.43. The second kappa shape index (κ2) is 3.21. The van der Waals surface area contributed by atoms with Crippen LogP contribution >= 0.6 is 0 Å². The number of hydrogen-bond acceptors (Lipinski definition) is 3. The topological polar surface area (TPSA) is 67.3 Å². The molecule has 4 nitrogen and oxygen atoms in total. The van der Waals surface area contributed by atoms with Crippen molar-refractivity contribution in [3.63, 3.8) is 0 Å². The lowest BCUT2D eigenvalue weighted by Crippen LogP contribution is -1.99. The van der Waals surface area contributed by atoms with Gasteiger partial charge >= 0.3 is 5.97 Å². The Morgan fingerprint density at radius 1 is 1.57 bits per heavy atom. The Kier molecular flexibility index (Phi) is 2.04. The number of aromatic carboxylic acids is 1. The Morgan fingerprint density at radius 3 is 3.00 bits per heavy atom. The molecule has 0 saturated carbocycles. The zero-order chi connectivity index (χ0) is 10.1. The molecule has 2 rings (SSSR count). The molecule has 0 aromatic carbocycles. The second-order valence-electron chi connectivity index (χ2n) is 3.44. The Balaban J connectivity index is 2.35. The highest BCUT2D eigenvalue weighted by Gasteiger charge is 2.23. The number of carboxylic acids is 1. The number of nitrogens with zero attached hydrogens (tertiary/aromatic N) is 1. The Bertz CT molecular complexity index is 400. The molecule has 4 heteroatoms. The number of fused-ring (bicyclic) bond motifs is 1. The Morgan fingerprint density at radius 2 is 2.36 bits per heavy atom. The molecule has 0 spiro atoms. The van der Waals surface area contributed by atoms with Crippen LogP contribution in [0.25, 0.3) is 0 Å². The van der Waals surface area contributed by atoms with E-state index in [1.807, 2.05) is 0 Å². The third-order valence-corrected chi connectivity index (χ3v) is 2.44. The average Bonchev–Trinajstić information content (AvgIpc) is 2.58. The predicted octanol–water partition coefficient (Wildman–Crippen LogP) is 0.694. The molecule has 14 heavy (non-hydrogen) atoms. The highest BCUT2D eigenvalue weighted by Crippen LogP contribution is 2.24. The first-order valence-corrected chi connectivity index (χ1v) is 4.37. The van der Waals surface area contributed by atoms with E-state index in [-0.39, 0.29) is 11.5 Å². The number of hydrogen-bond donors (Lipinski definition) is 1. The van der Waals surface area contributed by atoms with Gasteiger partial charge in [-0.15, -0.1) is 0 Å². The van der Waals surface area contributed by atoms with E-state index in [1.165, 1.54) is 6.20 Å². The maximum absolute atomic E-state index is 10.6. The number of aldehydes is 1. The van der Waals surface area contributed by atoms with E-state index in [0.29, 0.717) is 12.8 Å². The monoisotopic (exact) mass is 191 g/mol. The van der Waals surface area contributed by atoms with Gasteiger partial charge in [0.1, 0.15) is 6.29 Å². The van der Waals surface area contributed by atoms with Crippen molar-refractivity contribution in [2.75, 3.05) is 0 Å². The molecule has 0 radical (unpaired) electrons. The number of aromatic nitrogens is 1. The van der Waals surface area contributed by atoms with Gasteiger partial charge in [0.2, 0.25) is 0 Å². The summed E-state index contributed by atoms with van der Waals surface area (Å²) in [5, 5.41) is 8.73. The fraction of sp³-hybridized carbons (Fsp3) is 0.300. The molecule has 1 N–H and O–H groups in total. The summed E-state index contributed by atoms with van der Waals surface area (Å²) in [5.74, 6) is -1.00. The van der Waals surface area contributed by atoms with Gasteiger partial charge in [-0.1, -0.05) is 0 Å². The highest BCUT2D eigenvalue weighted by atomic mass is 16.4. The number of carboxylic acid groups (broad SMARTS) is 1. The summed E-state index contributed by atoms with van der Waals surface area (Å²) in [4.78, 5) is 25.2. The normalized spacial score (nSPS) is 19.0. The fourth-order valence-corrected chi connectivity index (χ4v) is 1.72. The van der Waals surface area contributed by atoms with Crippen molar-refractivity contribution in [3.05, 3.63) is 29.1 Å². The number of rotatable bonds is 2. The van der Waals surface area contributed by atoms with Crippen LogP contribution < -0.4 is 0 Å². The van der Waals surface area contributed by atoms with E-state index in [9.17, 15) is 9.59 Å². The molecule has 1 unspecified atom stereocenters. The predicted molar refractivity (Wildman–Crippen MR) is 48.2 cm³/mol. The van der Waals surface area contributed by atoms with E-state index in [1.54, 1.807) is 6.07 Å². The van der Waals surface area contributed by atoms with Gasteiger partial charge in [-0.3, -0.25) is 4.98 Å². The van der Waals surface area contributed by atoms with Crippen LogP contribution in [0.15, 0.2) is 12.3 Å². The molecular weight excluding hydrogens is 182 g/mol. The van der Waals surface area contributed by atoms with Crippen LogP contribution in [0.3, 0.4) is 0 Å². The first-order valence-electron chi connectivity index (χ1n) is 4.37. The zero-order valence-corrected chi connectivity index (χ0v) is 7.43. The molecule has 0 aliphatic heterocycles. The van der Waals surface area contributed by atoms with E-state index in [4.69, 9.17) is 5.11 Å². The Hall–Kier alpha value is -1.71. The maximum atomic E-state index is 10.6.